The van der Waals surface area contributed by atoms with Gasteiger partial charge in [-0.15, -0.1) is 11.3 Å². The number of aryl methyl sites for hydroxylation is 2. The average Bonchev–Trinajstić information content (AvgIpc) is 3.00. The normalized spacial score (nSPS) is 16.3. The molecule has 1 aliphatic heterocycles. The highest BCUT2D eigenvalue weighted by atomic mass is 32.1. The van der Waals surface area contributed by atoms with Gasteiger partial charge >= 0.3 is 0 Å². The Hall–Kier alpha value is -1.20. The van der Waals surface area contributed by atoms with Gasteiger partial charge in [0, 0.05) is 18.0 Å². The molecular weight excluding hydrogens is 256 g/mol. The third kappa shape index (κ3) is 2.58. The summed E-state index contributed by atoms with van der Waals surface area (Å²) in [5, 5.41) is 4.68. The molecule has 1 N–H and O–H groups in total. The van der Waals surface area contributed by atoms with Gasteiger partial charge in [0.1, 0.15) is 17.0 Å². The molecule has 0 saturated carbocycles. The van der Waals surface area contributed by atoms with Gasteiger partial charge in [-0.25, -0.2) is 9.97 Å². The van der Waals surface area contributed by atoms with Crippen molar-refractivity contribution in [2.75, 3.05) is 31.5 Å². The monoisotopic (exact) mass is 276 g/mol. The van der Waals surface area contributed by atoms with Crippen molar-refractivity contribution in [1.29, 1.82) is 0 Å². The van der Waals surface area contributed by atoms with Crippen molar-refractivity contribution in [3.63, 3.8) is 0 Å². The number of nitrogens with zero attached hydrogens (tertiary/aromatic N) is 3. The molecule has 1 aliphatic rings. The minimum atomic E-state index is 0.959. The molecule has 0 spiro atoms. The molecule has 1 fully saturated rings. The van der Waals surface area contributed by atoms with Gasteiger partial charge in [0.15, 0.2) is 0 Å². The lowest BCUT2D eigenvalue weighted by atomic mass is 10.2. The molecule has 0 aromatic carbocycles. The van der Waals surface area contributed by atoms with E-state index in [-0.39, 0.29) is 0 Å². The molecule has 2 aromatic rings. The maximum absolute atomic E-state index is 4.41. The van der Waals surface area contributed by atoms with Crippen LogP contribution in [-0.4, -0.2) is 41.0 Å². The number of fused-ring (bicyclic) bond motifs is 1. The van der Waals surface area contributed by atoms with E-state index in [1.54, 1.807) is 17.7 Å². The van der Waals surface area contributed by atoms with Gasteiger partial charge < -0.3 is 10.2 Å². The minimum Gasteiger partial charge on any atom is -0.368 e. The van der Waals surface area contributed by atoms with Gasteiger partial charge in [-0.1, -0.05) is 0 Å². The molecule has 0 atom stereocenters. The summed E-state index contributed by atoms with van der Waals surface area (Å²) in [4.78, 5) is 13.7. The first-order valence-corrected chi connectivity index (χ1v) is 7.74. The van der Waals surface area contributed by atoms with E-state index < -0.39 is 0 Å². The topological polar surface area (TPSA) is 41.1 Å². The standard InChI is InChI=1S/C14H20N4S/c1-10-11(2)19-14-12(10)13(16-9-17-14)15-5-8-18-6-3-4-7-18/h9H,3-8H2,1-2H3,(H,15,16,17). The zero-order valence-corrected chi connectivity index (χ0v) is 12.4. The van der Waals surface area contributed by atoms with E-state index in [9.17, 15) is 0 Å². The highest BCUT2D eigenvalue weighted by Gasteiger charge is 2.13. The molecule has 0 bridgehead atoms. The smallest absolute Gasteiger partial charge is 0.138 e. The van der Waals surface area contributed by atoms with Gasteiger partial charge in [0.2, 0.25) is 0 Å². The van der Waals surface area contributed by atoms with Crippen LogP contribution in [-0.2, 0) is 0 Å². The Labute approximate surface area is 117 Å². The van der Waals surface area contributed by atoms with Crippen LogP contribution in [0.3, 0.4) is 0 Å². The first kappa shape index (κ1) is 12.8. The van der Waals surface area contributed by atoms with E-state index in [0.29, 0.717) is 0 Å². The second-order valence-electron chi connectivity index (χ2n) is 5.16. The van der Waals surface area contributed by atoms with Crippen LogP contribution in [0.5, 0.6) is 0 Å². The molecular formula is C14H20N4S. The SMILES string of the molecule is Cc1sc2ncnc(NCCN3CCCC3)c2c1C. The maximum Gasteiger partial charge on any atom is 0.138 e. The largest absolute Gasteiger partial charge is 0.368 e. The summed E-state index contributed by atoms with van der Waals surface area (Å²) in [7, 11) is 0. The number of likely N-dealkylation sites (tertiary alicyclic amines) is 1. The summed E-state index contributed by atoms with van der Waals surface area (Å²) >= 11 is 1.75. The van der Waals surface area contributed by atoms with Gasteiger partial charge in [0.25, 0.3) is 0 Å². The van der Waals surface area contributed by atoms with Gasteiger partial charge in [-0.2, -0.15) is 0 Å². The summed E-state index contributed by atoms with van der Waals surface area (Å²) in [6.07, 6.45) is 4.36. The van der Waals surface area contributed by atoms with E-state index in [4.69, 9.17) is 0 Å². The number of rotatable bonds is 4. The third-order valence-electron chi connectivity index (χ3n) is 3.88. The number of thiophene rings is 1. The zero-order chi connectivity index (χ0) is 13.2. The predicted octanol–water partition coefficient (Wildman–Crippen LogP) is 2.82. The number of aromatic nitrogens is 2. The fourth-order valence-corrected chi connectivity index (χ4v) is 3.65. The average molecular weight is 276 g/mol. The minimum absolute atomic E-state index is 0.959. The molecule has 0 radical (unpaired) electrons. The van der Waals surface area contributed by atoms with Gasteiger partial charge in [0.05, 0.1) is 5.39 Å². The van der Waals surface area contributed by atoms with E-state index in [1.807, 2.05) is 0 Å². The summed E-state index contributed by atoms with van der Waals surface area (Å²) in [6.45, 7) is 8.86. The van der Waals surface area contributed by atoms with E-state index >= 15 is 0 Å². The molecule has 19 heavy (non-hydrogen) atoms. The Morgan fingerprint density at radius 1 is 1.26 bits per heavy atom. The van der Waals surface area contributed by atoms with Crippen molar-refractivity contribution >= 4 is 27.4 Å². The molecule has 3 heterocycles. The van der Waals surface area contributed by atoms with Crippen LogP contribution in [0.2, 0.25) is 0 Å². The lowest BCUT2D eigenvalue weighted by molar-refractivity contribution is 0.352. The lowest BCUT2D eigenvalue weighted by Gasteiger charge is -2.15. The Morgan fingerprint density at radius 2 is 2.05 bits per heavy atom. The Balaban J connectivity index is 1.73. The Morgan fingerprint density at radius 3 is 2.84 bits per heavy atom. The molecule has 0 unspecified atom stereocenters. The first-order valence-electron chi connectivity index (χ1n) is 6.92. The number of hydrogen-bond donors (Lipinski definition) is 1. The molecule has 1 saturated heterocycles. The van der Waals surface area contributed by atoms with Crippen molar-refractivity contribution in [2.45, 2.75) is 26.7 Å². The van der Waals surface area contributed by atoms with Gasteiger partial charge in [-0.05, 0) is 45.3 Å². The van der Waals surface area contributed by atoms with Crippen molar-refractivity contribution < 1.29 is 0 Å². The summed E-state index contributed by atoms with van der Waals surface area (Å²) in [5.74, 6) is 0.992. The van der Waals surface area contributed by atoms with Gasteiger partial charge in [-0.3, -0.25) is 0 Å². The van der Waals surface area contributed by atoms with Crippen LogP contribution in [0, 0.1) is 13.8 Å². The highest BCUT2D eigenvalue weighted by Crippen LogP contribution is 2.32. The number of anilines is 1. The summed E-state index contributed by atoms with van der Waals surface area (Å²) in [6, 6.07) is 0. The van der Waals surface area contributed by atoms with E-state index in [0.717, 1.165) is 23.7 Å². The fraction of sp³-hybridized carbons (Fsp3) is 0.571. The quantitative estimate of drug-likeness (QED) is 0.932. The molecule has 102 valence electrons. The summed E-state index contributed by atoms with van der Waals surface area (Å²) < 4.78 is 0. The van der Waals surface area contributed by atoms with Crippen LogP contribution in [0.4, 0.5) is 5.82 Å². The highest BCUT2D eigenvalue weighted by molar-refractivity contribution is 7.18. The van der Waals surface area contributed by atoms with Crippen molar-refractivity contribution in [1.82, 2.24) is 14.9 Å². The molecule has 2 aromatic heterocycles. The van der Waals surface area contributed by atoms with Crippen molar-refractivity contribution in [3.05, 3.63) is 16.8 Å². The lowest BCUT2D eigenvalue weighted by Crippen LogP contribution is -2.26. The third-order valence-corrected chi connectivity index (χ3v) is 5.00. The van der Waals surface area contributed by atoms with Crippen molar-refractivity contribution in [3.8, 4) is 0 Å². The van der Waals surface area contributed by atoms with Crippen LogP contribution in [0.15, 0.2) is 6.33 Å². The van der Waals surface area contributed by atoms with E-state index in [1.165, 1.54) is 41.8 Å². The number of hydrogen-bond acceptors (Lipinski definition) is 5. The van der Waals surface area contributed by atoms with Crippen LogP contribution in [0.25, 0.3) is 10.2 Å². The molecule has 4 nitrogen and oxygen atoms in total. The van der Waals surface area contributed by atoms with Crippen molar-refractivity contribution in [2.24, 2.45) is 0 Å². The second-order valence-corrected chi connectivity index (χ2v) is 6.36. The second kappa shape index (κ2) is 5.43. The Kier molecular flexibility index (Phi) is 3.66. The number of nitrogens with one attached hydrogen (secondary N) is 1. The van der Waals surface area contributed by atoms with Crippen LogP contribution in [0.1, 0.15) is 23.3 Å². The summed E-state index contributed by atoms with van der Waals surface area (Å²) in [5.41, 5.74) is 1.31. The zero-order valence-electron chi connectivity index (χ0n) is 11.6. The predicted molar refractivity (Wildman–Crippen MR) is 81.1 cm³/mol. The first-order chi connectivity index (χ1) is 9.25. The fourth-order valence-electron chi connectivity index (χ4n) is 2.66. The maximum atomic E-state index is 4.41. The van der Waals surface area contributed by atoms with Crippen LogP contribution < -0.4 is 5.32 Å². The molecule has 3 rings (SSSR count). The molecule has 5 heteroatoms. The van der Waals surface area contributed by atoms with Crippen LogP contribution >= 0.6 is 11.3 Å². The Bertz CT molecular complexity index is 572. The molecule has 0 amide bonds. The molecule has 0 aliphatic carbocycles. The van der Waals surface area contributed by atoms with E-state index in [2.05, 4.69) is 34.0 Å².